The van der Waals surface area contributed by atoms with E-state index >= 15 is 0 Å². The van der Waals surface area contributed by atoms with Crippen LogP contribution < -0.4 is 0 Å². The van der Waals surface area contributed by atoms with Gasteiger partial charge in [-0.15, -0.1) is 11.8 Å². The minimum absolute atomic E-state index is 0.442. The number of hydrogen-bond acceptors (Lipinski definition) is 3. The highest BCUT2D eigenvalue weighted by atomic mass is 35.5. The van der Waals surface area contributed by atoms with Crippen LogP contribution in [0.2, 0.25) is 5.02 Å². The summed E-state index contributed by atoms with van der Waals surface area (Å²) >= 11 is 7.58. The predicted molar refractivity (Wildman–Crippen MR) is 70.0 cm³/mol. The second-order valence-electron chi connectivity index (χ2n) is 3.41. The van der Waals surface area contributed by atoms with Gasteiger partial charge in [-0.3, -0.25) is 0 Å². The van der Waals surface area contributed by atoms with Gasteiger partial charge in [0.25, 0.3) is 0 Å². The average Bonchev–Trinajstić information content (AvgIpc) is 2.37. The first-order chi connectivity index (χ1) is 8.28. The minimum Gasteiger partial charge on any atom is -0.244 e. The van der Waals surface area contributed by atoms with Gasteiger partial charge in [0.2, 0.25) is 0 Å². The van der Waals surface area contributed by atoms with E-state index in [9.17, 15) is 0 Å². The molecule has 2 rings (SSSR count). The number of rotatable bonds is 3. The van der Waals surface area contributed by atoms with Crippen LogP contribution >= 0.6 is 23.4 Å². The molecule has 0 N–H and O–H groups in total. The molecule has 17 heavy (non-hydrogen) atoms. The molecule has 2 aromatic rings. The predicted octanol–water partition coefficient (Wildman–Crippen LogP) is 3.90. The fourth-order valence-corrected chi connectivity index (χ4v) is 2.34. The summed E-state index contributed by atoms with van der Waals surface area (Å²) in [7, 11) is 0. The summed E-state index contributed by atoms with van der Waals surface area (Å²) < 4.78 is 0. The third kappa shape index (κ3) is 3.48. The number of aromatic nitrogens is 1. The lowest BCUT2D eigenvalue weighted by molar-refractivity contribution is 1.19. The highest BCUT2D eigenvalue weighted by molar-refractivity contribution is 7.98. The molecule has 0 aliphatic rings. The first-order valence-corrected chi connectivity index (χ1v) is 6.38. The van der Waals surface area contributed by atoms with Crippen LogP contribution in [0.4, 0.5) is 0 Å². The first kappa shape index (κ1) is 12.0. The van der Waals surface area contributed by atoms with Gasteiger partial charge in [-0.05, 0) is 29.8 Å². The normalized spacial score (nSPS) is 9.88. The Balaban J connectivity index is 2.00. The van der Waals surface area contributed by atoms with Crippen molar-refractivity contribution in [3.05, 3.63) is 58.9 Å². The standard InChI is InChI=1S/C13H9ClN2S/c14-11-3-1-2-10(6-11)9-17-13-5-4-12(7-15)16-8-13/h1-6,8H,9H2. The number of nitriles is 1. The second kappa shape index (κ2) is 5.72. The second-order valence-corrected chi connectivity index (χ2v) is 4.89. The van der Waals surface area contributed by atoms with Gasteiger partial charge in [-0.2, -0.15) is 5.26 Å². The monoisotopic (exact) mass is 260 g/mol. The molecule has 0 radical (unpaired) electrons. The lowest BCUT2D eigenvalue weighted by Gasteiger charge is -2.02. The lowest BCUT2D eigenvalue weighted by Crippen LogP contribution is -1.83. The Morgan fingerprint density at radius 2 is 2.18 bits per heavy atom. The first-order valence-electron chi connectivity index (χ1n) is 5.01. The third-order valence-electron chi connectivity index (χ3n) is 2.15. The molecule has 1 aromatic heterocycles. The Bertz CT molecular complexity index is 546. The van der Waals surface area contributed by atoms with E-state index in [0.29, 0.717) is 5.69 Å². The van der Waals surface area contributed by atoms with E-state index in [1.54, 1.807) is 24.0 Å². The zero-order chi connectivity index (χ0) is 12.1. The van der Waals surface area contributed by atoms with Gasteiger partial charge >= 0.3 is 0 Å². The Morgan fingerprint density at radius 1 is 1.29 bits per heavy atom. The molecule has 1 heterocycles. The molecular formula is C13H9ClN2S. The van der Waals surface area contributed by atoms with Crippen molar-refractivity contribution in [1.82, 2.24) is 4.98 Å². The number of hydrogen-bond donors (Lipinski definition) is 0. The zero-order valence-corrected chi connectivity index (χ0v) is 10.5. The SMILES string of the molecule is N#Cc1ccc(SCc2cccc(Cl)c2)cn1. The molecule has 0 amide bonds. The maximum Gasteiger partial charge on any atom is 0.140 e. The summed E-state index contributed by atoms with van der Waals surface area (Å²) in [5.41, 5.74) is 1.61. The van der Waals surface area contributed by atoms with E-state index < -0.39 is 0 Å². The van der Waals surface area contributed by atoms with Gasteiger partial charge in [0.1, 0.15) is 11.8 Å². The molecule has 84 valence electrons. The highest BCUT2D eigenvalue weighted by Gasteiger charge is 1.98. The van der Waals surface area contributed by atoms with Gasteiger partial charge in [0.05, 0.1) is 0 Å². The van der Waals surface area contributed by atoms with E-state index in [0.717, 1.165) is 15.7 Å². The summed E-state index contributed by atoms with van der Waals surface area (Å²) in [5, 5.41) is 9.38. The number of pyridine rings is 1. The molecular weight excluding hydrogens is 252 g/mol. The molecule has 0 aliphatic carbocycles. The molecule has 0 atom stereocenters. The van der Waals surface area contributed by atoms with Gasteiger partial charge in [0, 0.05) is 21.9 Å². The molecule has 0 saturated carbocycles. The number of thioether (sulfide) groups is 1. The lowest BCUT2D eigenvalue weighted by atomic mass is 10.2. The fraction of sp³-hybridized carbons (Fsp3) is 0.0769. The highest BCUT2D eigenvalue weighted by Crippen LogP contribution is 2.23. The van der Waals surface area contributed by atoms with Crippen LogP contribution in [0.5, 0.6) is 0 Å². The van der Waals surface area contributed by atoms with E-state index in [4.69, 9.17) is 16.9 Å². The molecule has 0 saturated heterocycles. The smallest absolute Gasteiger partial charge is 0.140 e. The summed E-state index contributed by atoms with van der Waals surface area (Å²) in [6.45, 7) is 0. The van der Waals surface area contributed by atoms with Crippen LogP contribution in [-0.4, -0.2) is 4.98 Å². The van der Waals surface area contributed by atoms with E-state index in [-0.39, 0.29) is 0 Å². The van der Waals surface area contributed by atoms with Crippen molar-refractivity contribution >= 4 is 23.4 Å². The Kier molecular flexibility index (Phi) is 4.03. The summed E-state index contributed by atoms with van der Waals surface area (Å²) in [4.78, 5) is 5.06. The molecule has 4 heteroatoms. The van der Waals surface area contributed by atoms with Crippen LogP contribution in [0.1, 0.15) is 11.3 Å². The number of halogens is 1. The van der Waals surface area contributed by atoms with Gasteiger partial charge in [-0.25, -0.2) is 4.98 Å². The number of benzene rings is 1. The molecule has 0 aliphatic heterocycles. The van der Waals surface area contributed by atoms with E-state index in [2.05, 4.69) is 4.98 Å². The van der Waals surface area contributed by atoms with E-state index in [1.165, 1.54) is 5.56 Å². The maximum absolute atomic E-state index is 8.63. The van der Waals surface area contributed by atoms with Crippen molar-refractivity contribution in [2.75, 3.05) is 0 Å². The van der Waals surface area contributed by atoms with Gasteiger partial charge < -0.3 is 0 Å². The van der Waals surface area contributed by atoms with Crippen LogP contribution in [0, 0.1) is 11.3 Å². The van der Waals surface area contributed by atoms with Crippen LogP contribution in [0.25, 0.3) is 0 Å². The van der Waals surface area contributed by atoms with Crippen LogP contribution in [-0.2, 0) is 5.75 Å². The van der Waals surface area contributed by atoms with Gasteiger partial charge in [-0.1, -0.05) is 23.7 Å². The molecule has 0 bridgehead atoms. The van der Waals surface area contributed by atoms with Crippen molar-refractivity contribution in [2.24, 2.45) is 0 Å². The minimum atomic E-state index is 0.442. The van der Waals surface area contributed by atoms with Crippen LogP contribution in [0.3, 0.4) is 0 Å². The van der Waals surface area contributed by atoms with Crippen molar-refractivity contribution in [3.63, 3.8) is 0 Å². The van der Waals surface area contributed by atoms with Crippen molar-refractivity contribution < 1.29 is 0 Å². The zero-order valence-electron chi connectivity index (χ0n) is 8.93. The molecule has 0 spiro atoms. The largest absolute Gasteiger partial charge is 0.244 e. The molecule has 0 fully saturated rings. The summed E-state index contributed by atoms with van der Waals surface area (Å²) in [5.74, 6) is 0.841. The topological polar surface area (TPSA) is 36.7 Å². The van der Waals surface area contributed by atoms with Crippen molar-refractivity contribution in [1.29, 1.82) is 5.26 Å². The Morgan fingerprint density at radius 3 is 2.82 bits per heavy atom. The third-order valence-corrected chi connectivity index (χ3v) is 3.43. The number of nitrogens with zero attached hydrogens (tertiary/aromatic N) is 2. The fourth-order valence-electron chi connectivity index (χ4n) is 1.33. The molecule has 2 nitrogen and oxygen atoms in total. The Labute approximate surface area is 109 Å². The maximum atomic E-state index is 8.63. The quantitative estimate of drug-likeness (QED) is 0.786. The average molecular weight is 261 g/mol. The Hall–Kier alpha value is -1.50. The molecule has 0 unspecified atom stereocenters. The summed E-state index contributed by atoms with van der Waals surface area (Å²) in [6.07, 6.45) is 1.72. The van der Waals surface area contributed by atoms with Crippen molar-refractivity contribution in [3.8, 4) is 6.07 Å². The molecule has 1 aromatic carbocycles. The van der Waals surface area contributed by atoms with Crippen LogP contribution in [0.15, 0.2) is 47.5 Å². The van der Waals surface area contributed by atoms with E-state index in [1.807, 2.05) is 36.4 Å². The van der Waals surface area contributed by atoms with Gasteiger partial charge in [0.15, 0.2) is 0 Å². The van der Waals surface area contributed by atoms with Crippen molar-refractivity contribution in [2.45, 2.75) is 10.6 Å². The summed E-state index contributed by atoms with van der Waals surface area (Å²) in [6, 6.07) is 13.4.